The molecule has 0 saturated heterocycles. The molecule has 0 saturated carbocycles. The normalized spacial score (nSPS) is 14.2. The molecule has 162 valence electrons. The first-order chi connectivity index (χ1) is 14.4. The molecule has 0 aromatic heterocycles. The van der Waals surface area contributed by atoms with Crippen molar-refractivity contribution in [1.82, 2.24) is 4.90 Å². The zero-order valence-electron chi connectivity index (χ0n) is 18.7. The Hall–Kier alpha value is -1.78. The van der Waals surface area contributed by atoms with Gasteiger partial charge in [0, 0.05) is 42.1 Å². The van der Waals surface area contributed by atoms with Crippen LogP contribution in [0.4, 0.5) is 11.4 Å². The summed E-state index contributed by atoms with van der Waals surface area (Å²) in [7, 11) is 0. The molecule has 0 fully saturated rings. The first kappa shape index (κ1) is 22.9. The Kier molecular flexibility index (Phi) is 8.01. The van der Waals surface area contributed by atoms with Gasteiger partial charge in [-0.25, -0.2) is 0 Å². The van der Waals surface area contributed by atoms with Gasteiger partial charge in [-0.2, -0.15) is 0 Å². The van der Waals surface area contributed by atoms with E-state index in [1.54, 1.807) is 0 Å². The van der Waals surface area contributed by atoms with E-state index in [1.165, 1.54) is 36.2 Å². The molecule has 1 aliphatic heterocycles. The van der Waals surface area contributed by atoms with E-state index in [9.17, 15) is 0 Å². The number of thiocarbonyl (C=S) groups is 1. The molecule has 2 aromatic rings. The van der Waals surface area contributed by atoms with Crippen LogP contribution in [0.15, 0.2) is 36.4 Å². The van der Waals surface area contributed by atoms with Crippen LogP contribution in [-0.2, 0) is 13.0 Å². The lowest BCUT2D eigenvalue weighted by atomic mass is 9.98. The van der Waals surface area contributed by atoms with E-state index < -0.39 is 0 Å². The Morgan fingerprint density at radius 3 is 2.80 bits per heavy atom. The van der Waals surface area contributed by atoms with Crippen LogP contribution in [0.3, 0.4) is 0 Å². The third-order valence-electron chi connectivity index (χ3n) is 6.10. The lowest BCUT2D eigenvalue weighted by molar-refractivity contribution is 0.319. The first-order valence-corrected chi connectivity index (χ1v) is 11.9. The van der Waals surface area contributed by atoms with Crippen molar-refractivity contribution in [2.45, 2.75) is 66.0 Å². The average molecular weight is 444 g/mol. The Balaban J connectivity index is 1.80. The van der Waals surface area contributed by atoms with E-state index in [0.717, 1.165) is 47.3 Å². The van der Waals surface area contributed by atoms with Gasteiger partial charge < -0.3 is 15.1 Å². The number of hydrogen-bond donors (Lipinski definition) is 1. The third kappa shape index (κ3) is 5.28. The second-order valence-electron chi connectivity index (χ2n) is 8.28. The van der Waals surface area contributed by atoms with Crippen molar-refractivity contribution in [3.05, 3.63) is 58.1 Å². The molecule has 3 nitrogen and oxygen atoms in total. The average Bonchev–Trinajstić information content (AvgIpc) is 2.75. The highest BCUT2D eigenvalue weighted by molar-refractivity contribution is 7.80. The van der Waals surface area contributed by atoms with Gasteiger partial charge in [-0.1, -0.05) is 43.6 Å². The van der Waals surface area contributed by atoms with Crippen molar-refractivity contribution >= 4 is 40.3 Å². The van der Waals surface area contributed by atoms with Crippen LogP contribution in [0.1, 0.15) is 56.7 Å². The van der Waals surface area contributed by atoms with Gasteiger partial charge in [0.15, 0.2) is 5.11 Å². The lowest BCUT2D eigenvalue weighted by Crippen LogP contribution is -2.40. The summed E-state index contributed by atoms with van der Waals surface area (Å²) >= 11 is 12.1. The fraction of sp³-hybridized carbons (Fsp3) is 0.480. The smallest absolute Gasteiger partial charge is 0.173 e. The molecule has 2 aromatic carbocycles. The van der Waals surface area contributed by atoms with E-state index in [4.69, 9.17) is 23.8 Å². The van der Waals surface area contributed by atoms with Gasteiger partial charge in [-0.3, -0.25) is 0 Å². The highest BCUT2D eigenvalue weighted by atomic mass is 35.5. The predicted octanol–water partition coefficient (Wildman–Crippen LogP) is 6.81. The van der Waals surface area contributed by atoms with E-state index in [1.807, 2.05) is 25.1 Å². The molecule has 1 heterocycles. The van der Waals surface area contributed by atoms with Gasteiger partial charge in [0.1, 0.15) is 0 Å². The highest BCUT2D eigenvalue weighted by Crippen LogP contribution is 2.29. The molecule has 1 atom stereocenters. The Labute approximate surface area is 192 Å². The summed E-state index contributed by atoms with van der Waals surface area (Å²) in [6.07, 6.45) is 4.62. The lowest BCUT2D eigenvalue weighted by Gasteiger charge is -2.34. The molecule has 0 radical (unpaired) electrons. The molecule has 30 heavy (non-hydrogen) atoms. The quantitative estimate of drug-likeness (QED) is 0.473. The van der Waals surface area contributed by atoms with Crippen LogP contribution in [0.5, 0.6) is 0 Å². The Morgan fingerprint density at radius 1 is 1.27 bits per heavy atom. The van der Waals surface area contributed by atoms with Crippen molar-refractivity contribution in [1.29, 1.82) is 0 Å². The topological polar surface area (TPSA) is 18.5 Å². The Morgan fingerprint density at radius 2 is 2.07 bits per heavy atom. The fourth-order valence-corrected chi connectivity index (χ4v) is 4.63. The van der Waals surface area contributed by atoms with Crippen molar-refractivity contribution in [3.63, 3.8) is 0 Å². The molecule has 0 spiro atoms. The second kappa shape index (κ2) is 10.5. The molecule has 0 aliphatic carbocycles. The van der Waals surface area contributed by atoms with E-state index in [-0.39, 0.29) is 0 Å². The molecule has 0 unspecified atom stereocenters. The maximum absolute atomic E-state index is 6.30. The molecule has 0 bridgehead atoms. The zero-order valence-corrected chi connectivity index (χ0v) is 20.2. The standard InChI is InChI=1S/C25H34ClN3S/c1-5-14-28-15-8-9-21-16-20(12-13-24(21)28)17-29(18(3)6-2)25(30)27-23-11-7-10-22(26)19(23)4/h7,10-13,16,18H,5-6,8-9,14-15,17H2,1-4H3,(H,27,30)/t18-/m0/s1. The molecule has 0 amide bonds. The van der Waals surface area contributed by atoms with Crippen molar-refractivity contribution in [2.24, 2.45) is 0 Å². The van der Waals surface area contributed by atoms with E-state index >= 15 is 0 Å². The molecule has 1 N–H and O–H groups in total. The van der Waals surface area contributed by atoms with Crippen LogP contribution in [0.25, 0.3) is 0 Å². The van der Waals surface area contributed by atoms with Gasteiger partial charge in [0.25, 0.3) is 0 Å². The summed E-state index contributed by atoms with van der Waals surface area (Å²) in [5, 5.41) is 4.94. The number of anilines is 2. The van der Waals surface area contributed by atoms with Gasteiger partial charge >= 0.3 is 0 Å². The SMILES string of the molecule is CCCN1CCCc2cc(CN(C(=S)Nc3cccc(Cl)c3C)[C@@H](C)CC)ccc21. The Bertz CT molecular complexity index is 883. The van der Waals surface area contributed by atoms with Crippen molar-refractivity contribution in [3.8, 4) is 0 Å². The number of halogens is 1. The van der Waals surface area contributed by atoms with Gasteiger partial charge in [0.2, 0.25) is 0 Å². The summed E-state index contributed by atoms with van der Waals surface area (Å²) in [6.45, 7) is 11.8. The molecular formula is C25H34ClN3S. The number of nitrogens with zero attached hydrogens (tertiary/aromatic N) is 2. The minimum Gasteiger partial charge on any atom is -0.371 e. The van der Waals surface area contributed by atoms with E-state index in [0.29, 0.717) is 6.04 Å². The summed E-state index contributed by atoms with van der Waals surface area (Å²) in [4.78, 5) is 4.83. The van der Waals surface area contributed by atoms with Crippen molar-refractivity contribution < 1.29 is 0 Å². The van der Waals surface area contributed by atoms with Crippen LogP contribution in [0.2, 0.25) is 5.02 Å². The maximum Gasteiger partial charge on any atom is 0.173 e. The van der Waals surface area contributed by atoms with Crippen LogP contribution in [0, 0.1) is 6.92 Å². The van der Waals surface area contributed by atoms with Crippen molar-refractivity contribution in [2.75, 3.05) is 23.3 Å². The minimum absolute atomic E-state index is 0.345. The summed E-state index contributed by atoms with van der Waals surface area (Å²) in [5.74, 6) is 0. The van der Waals surface area contributed by atoms with Crippen LogP contribution >= 0.6 is 23.8 Å². The zero-order chi connectivity index (χ0) is 21.7. The molecular weight excluding hydrogens is 410 g/mol. The number of aryl methyl sites for hydroxylation is 1. The van der Waals surface area contributed by atoms with Gasteiger partial charge in [0.05, 0.1) is 0 Å². The van der Waals surface area contributed by atoms with Crippen LogP contribution < -0.4 is 10.2 Å². The minimum atomic E-state index is 0.345. The number of rotatable bonds is 7. The summed E-state index contributed by atoms with van der Waals surface area (Å²) < 4.78 is 0. The van der Waals surface area contributed by atoms with E-state index in [2.05, 4.69) is 54.1 Å². The maximum atomic E-state index is 6.30. The second-order valence-corrected chi connectivity index (χ2v) is 9.08. The number of hydrogen-bond acceptors (Lipinski definition) is 2. The molecule has 3 rings (SSSR count). The fourth-order valence-electron chi connectivity index (χ4n) is 4.10. The number of fused-ring (bicyclic) bond motifs is 1. The van der Waals surface area contributed by atoms with Crippen LogP contribution in [-0.4, -0.2) is 29.1 Å². The summed E-state index contributed by atoms with van der Waals surface area (Å²) in [5.41, 5.74) is 6.20. The molecule has 5 heteroatoms. The first-order valence-electron chi connectivity index (χ1n) is 11.1. The number of nitrogens with one attached hydrogen (secondary N) is 1. The van der Waals surface area contributed by atoms with Gasteiger partial charge in [-0.15, -0.1) is 0 Å². The largest absolute Gasteiger partial charge is 0.371 e. The highest BCUT2D eigenvalue weighted by Gasteiger charge is 2.20. The monoisotopic (exact) mass is 443 g/mol. The molecule has 1 aliphatic rings. The summed E-state index contributed by atoms with van der Waals surface area (Å²) in [6, 6.07) is 13.2. The van der Waals surface area contributed by atoms with Gasteiger partial charge in [-0.05, 0) is 86.6 Å². The third-order valence-corrected chi connectivity index (χ3v) is 6.84. The number of benzene rings is 2. The predicted molar refractivity (Wildman–Crippen MR) is 135 cm³/mol.